The first kappa shape index (κ1) is 16.0. The van der Waals surface area contributed by atoms with E-state index in [-0.39, 0.29) is 18.6 Å². The summed E-state index contributed by atoms with van der Waals surface area (Å²) in [5.41, 5.74) is 6.44. The molecule has 0 bridgehead atoms. The molecular formula is C17H20ClN3O2. The molecule has 1 fully saturated rings. The van der Waals surface area contributed by atoms with Crippen LogP contribution in [0.15, 0.2) is 30.5 Å². The van der Waals surface area contributed by atoms with E-state index in [2.05, 4.69) is 4.98 Å². The summed E-state index contributed by atoms with van der Waals surface area (Å²) < 4.78 is 5.73. The first-order valence-corrected chi connectivity index (χ1v) is 8.24. The minimum Gasteiger partial charge on any atom is -0.481 e. The van der Waals surface area contributed by atoms with Crippen molar-refractivity contribution in [1.29, 1.82) is 0 Å². The average Bonchev–Trinajstić information content (AvgIpc) is 2.61. The Labute approximate surface area is 140 Å². The van der Waals surface area contributed by atoms with E-state index >= 15 is 0 Å². The van der Waals surface area contributed by atoms with Crippen molar-refractivity contribution in [3.63, 3.8) is 0 Å². The SMILES string of the molecule is NCC1CCCCN1C(=O)COc1ccc(Cl)c2cccnc12. The lowest BCUT2D eigenvalue weighted by Crippen LogP contribution is -2.49. The Kier molecular flexibility index (Phi) is 4.98. The number of pyridine rings is 1. The molecular weight excluding hydrogens is 314 g/mol. The molecule has 1 unspecified atom stereocenters. The second-order valence-electron chi connectivity index (χ2n) is 5.71. The Bertz CT molecular complexity index is 707. The van der Waals surface area contributed by atoms with Gasteiger partial charge in [-0.05, 0) is 43.5 Å². The van der Waals surface area contributed by atoms with Gasteiger partial charge in [0.1, 0.15) is 11.3 Å². The number of nitrogens with zero attached hydrogens (tertiary/aromatic N) is 2. The molecule has 0 radical (unpaired) electrons. The lowest BCUT2D eigenvalue weighted by molar-refractivity contribution is -0.136. The van der Waals surface area contributed by atoms with E-state index in [9.17, 15) is 4.79 Å². The molecule has 2 heterocycles. The lowest BCUT2D eigenvalue weighted by Gasteiger charge is -2.34. The standard InChI is InChI=1S/C17H20ClN3O2/c18-14-6-7-15(17-13(14)5-3-8-20-17)23-11-16(22)21-9-2-1-4-12(21)10-19/h3,5-8,12H,1-2,4,9-11,19H2. The van der Waals surface area contributed by atoms with Gasteiger partial charge in [0.25, 0.3) is 5.91 Å². The van der Waals surface area contributed by atoms with Crippen molar-refractivity contribution < 1.29 is 9.53 Å². The van der Waals surface area contributed by atoms with E-state index in [1.807, 2.05) is 17.0 Å². The van der Waals surface area contributed by atoms with Gasteiger partial charge in [-0.1, -0.05) is 11.6 Å². The summed E-state index contributed by atoms with van der Waals surface area (Å²) in [6.45, 7) is 1.24. The zero-order valence-electron chi connectivity index (χ0n) is 12.9. The number of carbonyl (C=O) groups excluding carboxylic acids is 1. The number of hydrogen-bond donors (Lipinski definition) is 1. The Balaban J connectivity index is 1.73. The highest BCUT2D eigenvalue weighted by atomic mass is 35.5. The van der Waals surface area contributed by atoms with E-state index in [1.165, 1.54) is 0 Å². The van der Waals surface area contributed by atoms with Crippen LogP contribution in [0.25, 0.3) is 10.9 Å². The van der Waals surface area contributed by atoms with Gasteiger partial charge in [0, 0.05) is 30.7 Å². The Morgan fingerprint density at radius 3 is 3.09 bits per heavy atom. The molecule has 2 N–H and O–H groups in total. The van der Waals surface area contributed by atoms with Gasteiger partial charge in [-0.2, -0.15) is 0 Å². The minimum atomic E-state index is -0.0285. The molecule has 1 saturated heterocycles. The van der Waals surface area contributed by atoms with Crippen molar-refractivity contribution in [1.82, 2.24) is 9.88 Å². The number of halogens is 1. The predicted molar refractivity (Wildman–Crippen MR) is 90.7 cm³/mol. The van der Waals surface area contributed by atoms with Gasteiger partial charge < -0.3 is 15.4 Å². The summed E-state index contributed by atoms with van der Waals surface area (Å²) in [5, 5.41) is 1.43. The molecule has 122 valence electrons. The van der Waals surface area contributed by atoms with Crippen LogP contribution in [0.4, 0.5) is 0 Å². The molecule has 1 amide bonds. The van der Waals surface area contributed by atoms with E-state index in [1.54, 1.807) is 18.3 Å². The van der Waals surface area contributed by atoms with Crippen molar-refractivity contribution in [2.45, 2.75) is 25.3 Å². The Hall–Kier alpha value is -1.85. The van der Waals surface area contributed by atoms with Crippen LogP contribution in [0.1, 0.15) is 19.3 Å². The molecule has 23 heavy (non-hydrogen) atoms. The third-order valence-corrected chi connectivity index (χ3v) is 4.58. The van der Waals surface area contributed by atoms with Gasteiger partial charge in [-0.15, -0.1) is 0 Å². The summed E-state index contributed by atoms with van der Waals surface area (Å²) in [4.78, 5) is 18.6. The third kappa shape index (κ3) is 3.41. The molecule has 2 aromatic rings. The molecule has 1 aromatic carbocycles. The van der Waals surface area contributed by atoms with Gasteiger partial charge >= 0.3 is 0 Å². The van der Waals surface area contributed by atoms with Gasteiger partial charge in [0.15, 0.2) is 6.61 Å². The number of fused-ring (bicyclic) bond motifs is 1. The number of piperidine rings is 1. The summed E-state index contributed by atoms with van der Waals surface area (Å²) in [7, 11) is 0. The molecule has 1 aliphatic heterocycles. The second-order valence-corrected chi connectivity index (χ2v) is 6.11. The molecule has 0 saturated carbocycles. The number of rotatable bonds is 4. The van der Waals surface area contributed by atoms with Crippen LogP contribution in [0.3, 0.4) is 0 Å². The van der Waals surface area contributed by atoms with Gasteiger partial charge in [0.05, 0.1) is 5.02 Å². The molecule has 1 atom stereocenters. The second kappa shape index (κ2) is 7.15. The highest BCUT2D eigenvalue weighted by Crippen LogP contribution is 2.29. The number of carbonyl (C=O) groups is 1. The van der Waals surface area contributed by atoms with E-state index < -0.39 is 0 Å². The van der Waals surface area contributed by atoms with Crippen LogP contribution >= 0.6 is 11.6 Å². The Morgan fingerprint density at radius 2 is 2.26 bits per heavy atom. The molecule has 1 aromatic heterocycles. The van der Waals surface area contributed by atoms with Crippen LogP contribution < -0.4 is 10.5 Å². The average molecular weight is 334 g/mol. The number of likely N-dealkylation sites (tertiary alicyclic amines) is 1. The summed E-state index contributed by atoms with van der Waals surface area (Å²) in [6.07, 6.45) is 4.79. The fourth-order valence-corrected chi connectivity index (χ4v) is 3.24. The largest absolute Gasteiger partial charge is 0.481 e. The zero-order chi connectivity index (χ0) is 16.2. The highest BCUT2D eigenvalue weighted by molar-refractivity contribution is 6.35. The Morgan fingerprint density at radius 1 is 1.39 bits per heavy atom. The maximum Gasteiger partial charge on any atom is 0.260 e. The van der Waals surface area contributed by atoms with Crippen molar-refractivity contribution in [2.24, 2.45) is 5.73 Å². The van der Waals surface area contributed by atoms with Crippen molar-refractivity contribution in [3.05, 3.63) is 35.5 Å². The minimum absolute atomic E-state index is 0.0101. The summed E-state index contributed by atoms with van der Waals surface area (Å²) in [6, 6.07) is 7.34. The number of aromatic nitrogens is 1. The topological polar surface area (TPSA) is 68.5 Å². The number of nitrogens with two attached hydrogens (primary N) is 1. The number of benzene rings is 1. The number of hydrogen-bond acceptors (Lipinski definition) is 4. The first-order chi connectivity index (χ1) is 11.2. The van der Waals surface area contributed by atoms with Crippen LogP contribution in [-0.4, -0.2) is 41.5 Å². The number of ether oxygens (including phenoxy) is 1. The molecule has 6 heteroatoms. The molecule has 1 aliphatic rings. The molecule has 0 spiro atoms. The maximum absolute atomic E-state index is 12.4. The van der Waals surface area contributed by atoms with Crippen LogP contribution in [0.5, 0.6) is 5.75 Å². The fourth-order valence-electron chi connectivity index (χ4n) is 3.02. The van der Waals surface area contributed by atoms with Gasteiger partial charge in [-0.3, -0.25) is 9.78 Å². The van der Waals surface area contributed by atoms with E-state index in [4.69, 9.17) is 22.1 Å². The smallest absolute Gasteiger partial charge is 0.260 e. The van der Waals surface area contributed by atoms with Crippen molar-refractivity contribution in [2.75, 3.05) is 19.7 Å². The normalized spacial score (nSPS) is 18.2. The summed E-state index contributed by atoms with van der Waals surface area (Å²) in [5.74, 6) is 0.541. The number of amides is 1. The highest BCUT2D eigenvalue weighted by Gasteiger charge is 2.25. The molecule has 3 rings (SSSR count). The van der Waals surface area contributed by atoms with Crippen LogP contribution in [0.2, 0.25) is 5.02 Å². The lowest BCUT2D eigenvalue weighted by atomic mass is 10.0. The van der Waals surface area contributed by atoms with Gasteiger partial charge in [0.2, 0.25) is 0 Å². The fraction of sp³-hybridized carbons (Fsp3) is 0.412. The quantitative estimate of drug-likeness (QED) is 0.933. The maximum atomic E-state index is 12.4. The third-order valence-electron chi connectivity index (χ3n) is 4.25. The molecule has 5 nitrogen and oxygen atoms in total. The zero-order valence-corrected chi connectivity index (χ0v) is 13.6. The van der Waals surface area contributed by atoms with Crippen LogP contribution in [-0.2, 0) is 4.79 Å². The molecule has 0 aliphatic carbocycles. The van der Waals surface area contributed by atoms with Crippen molar-refractivity contribution >= 4 is 28.4 Å². The van der Waals surface area contributed by atoms with E-state index in [0.29, 0.717) is 22.8 Å². The van der Waals surface area contributed by atoms with Gasteiger partial charge in [-0.25, -0.2) is 0 Å². The summed E-state index contributed by atoms with van der Waals surface area (Å²) >= 11 is 6.17. The first-order valence-electron chi connectivity index (χ1n) is 7.86. The monoisotopic (exact) mass is 333 g/mol. The van der Waals surface area contributed by atoms with Crippen LogP contribution in [0, 0.1) is 0 Å². The van der Waals surface area contributed by atoms with E-state index in [0.717, 1.165) is 31.2 Å². The van der Waals surface area contributed by atoms with Crippen molar-refractivity contribution in [3.8, 4) is 5.75 Å². The predicted octanol–water partition coefficient (Wildman–Crippen LogP) is 2.61.